The van der Waals surface area contributed by atoms with Crippen molar-refractivity contribution in [3.05, 3.63) is 42.5 Å². The van der Waals surface area contributed by atoms with Crippen LogP contribution in [0.25, 0.3) is 5.69 Å². The van der Waals surface area contributed by atoms with E-state index in [0.717, 1.165) is 18.1 Å². The highest BCUT2D eigenvalue weighted by Gasteiger charge is 2.36. The van der Waals surface area contributed by atoms with E-state index in [2.05, 4.69) is 46.1 Å². The van der Waals surface area contributed by atoms with Crippen molar-refractivity contribution in [2.24, 2.45) is 5.41 Å². The number of aromatic nitrogens is 3. The van der Waals surface area contributed by atoms with Gasteiger partial charge in [0.15, 0.2) is 5.82 Å². The van der Waals surface area contributed by atoms with Gasteiger partial charge in [-0.15, -0.1) is 10.2 Å². The van der Waals surface area contributed by atoms with E-state index in [1.807, 2.05) is 18.2 Å². The summed E-state index contributed by atoms with van der Waals surface area (Å²) in [5.41, 5.74) is 1.32. The lowest BCUT2D eigenvalue weighted by Crippen LogP contribution is -2.41. The lowest BCUT2D eigenvalue weighted by atomic mass is 9.77. The molecular weight excluding hydrogens is 236 g/mol. The molecule has 3 rings (SSSR count). The quantitative estimate of drug-likeness (QED) is 0.898. The topological polar surface area (TPSA) is 42.7 Å². The lowest BCUT2D eigenvalue weighted by Gasteiger charge is -2.38. The zero-order valence-corrected chi connectivity index (χ0v) is 11.5. The summed E-state index contributed by atoms with van der Waals surface area (Å²) >= 11 is 0. The number of para-hydroxylation sites is 1. The Morgan fingerprint density at radius 2 is 2.05 bits per heavy atom. The Morgan fingerprint density at radius 1 is 1.26 bits per heavy atom. The highest BCUT2D eigenvalue weighted by Crippen LogP contribution is 2.39. The summed E-state index contributed by atoms with van der Waals surface area (Å²) in [6.45, 7) is 5.65. The Hall–Kier alpha value is -1.68. The Kier molecular flexibility index (Phi) is 3.11. The zero-order chi connectivity index (χ0) is 13.3. The molecule has 19 heavy (non-hydrogen) atoms. The van der Waals surface area contributed by atoms with Crippen LogP contribution in [0.3, 0.4) is 0 Å². The van der Waals surface area contributed by atoms with Crippen LogP contribution in [-0.4, -0.2) is 21.3 Å². The minimum absolute atomic E-state index is 0.206. The standard InChI is InChI=1S/C15H20N4/c1-15(2)9-6-10-16-13(15)14-18-17-11-19(14)12-7-4-3-5-8-12/h3-5,7-8,11,13,16H,6,9-10H2,1-2H3. The van der Waals surface area contributed by atoms with E-state index in [0.29, 0.717) is 0 Å². The largest absolute Gasteiger partial charge is 0.307 e. The van der Waals surface area contributed by atoms with Gasteiger partial charge in [0.05, 0.1) is 6.04 Å². The molecule has 1 aromatic heterocycles. The van der Waals surface area contributed by atoms with Gasteiger partial charge in [-0.3, -0.25) is 4.57 Å². The summed E-state index contributed by atoms with van der Waals surface area (Å²) in [7, 11) is 0. The van der Waals surface area contributed by atoms with Crippen molar-refractivity contribution in [3.8, 4) is 5.69 Å². The van der Waals surface area contributed by atoms with Crippen molar-refractivity contribution in [2.75, 3.05) is 6.54 Å². The molecule has 0 spiro atoms. The monoisotopic (exact) mass is 256 g/mol. The molecule has 100 valence electrons. The Morgan fingerprint density at radius 3 is 2.79 bits per heavy atom. The second kappa shape index (κ2) is 4.78. The van der Waals surface area contributed by atoms with Crippen LogP contribution < -0.4 is 5.32 Å². The molecule has 1 unspecified atom stereocenters. The first-order valence-electron chi connectivity index (χ1n) is 6.87. The van der Waals surface area contributed by atoms with Gasteiger partial charge in [-0.05, 0) is 36.9 Å². The lowest BCUT2D eigenvalue weighted by molar-refractivity contribution is 0.172. The van der Waals surface area contributed by atoms with Gasteiger partial charge >= 0.3 is 0 Å². The molecule has 1 aromatic carbocycles. The number of piperidine rings is 1. The van der Waals surface area contributed by atoms with Crippen LogP contribution in [0.1, 0.15) is 38.6 Å². The van der Waals surface area contributed by atoms with Crippen LogP contribution in [0, 0.1) is 5.41 Å². The number of nitrogens with one attached hydrogen (secondary N) is 1. The molecule has 1 fully saturated rings. The van der Waals surface area contributed by atoms with E-state index in [1.54, 1.807) is 6.33 Å². The highest BCUT2D eigenvalue weighted by molar-refractivity contribution is 5.32. The first kappa shape index (κ1) is 12.4. The van der Waals surface area contributed by atoms with Crippen molar-refractivity contribution in [3.63, 3.8) is 0 Å². The van der Waals surface area contributed by atoms with Gasteiger partial charge in [0.1, 0.15) is 6.33 Å². The molecule has 1 atom stereocenters. The van der Waals surface area contributed by atoms with Crippen molar-refractivity contribution in [1.82, 2.24) is 20.1 Å². The van der Waals surface area contributed by atoms with Crippen LogP contribution in [0.4, 0.5) is 0 Å². The molecule has 1 saturated heterocycles. The van der Waals surface area contributed by atoms with Crippen LogP contribution in [0.15, 0.2) is 36.7 Å². The predicted octanol–water partition coefficient (Wildman–Crippen LogP) is 2.72. The molecule has 1 N–H and O–H groups in total. The Labute approximate surface area is 113 Å². The summed E-state index contributed by atoms with van der Waals surface area (Å²) in [5, 5.41) is 12.1. The molecule has 4 heteroatoms. The summed E-state index contributed by atoms with van der Waals surface area (Å²) in [6.07, 6.45) is 4.24. The smallest absolute Gasteiger partial charge is 0.155 e. The average Bonchev–Trinajstić information content (AvgIpc) is 2.88. The molecule has 0 aliphatic carbocycles. The normalized spacial score (nSPS) is 22.3. The number of hydrogen-bond donors (Lipinski definition) is 1. The fourth-order valence-corrected chi connectivity index (χ4v) is 2.88. The van der Waals surface area contributed by atoms with E-state index in [1.165, 1.54) is 12.8 Å². The van der Waals surface area contributed by atoms with Gasteiger partial charge in [-0.25, -0.2) is 0 Å². The van der Waals surface area contributed by atoms with Gasteiger partial charge in [0, 0.05) is 5.69 Å². The molecule has 4 nitrogen and oxygen atoms in total. The second-order valence-corrected chi connectivity index (χ2v) is 5.87. The van der Waals surface area contributed by atoms with Crippen molar-refractivity contribution < 1.29 is 0 Å². The van der Waals surface area contributed by atoms with Gasteiger partial charge in [0.2, 0.25) is 0 Å². The maximum absolute atomic E-state index is 4.36. The number of hydrogen-bond acceptors (Lipinski definition) is 3. The number of benzene rings is 1. The third-order valence-corrected chi connectivity index (χ3v) is 3.99. The number of rotatable bonds is 2. The first-order valence-corrected chi connectivity index (χ1v) is 6.87. The maximum atomic E-state index is 4.36. The number of nitrogens with zero attached hydrogens (tertiary/aromatic N) is 3. The second-order valence-electron chi connectivity index (χ2n) is 5.87. The summed E-state index contributed by atoms with van der Waals surface area (Å²) in [6, 6.07) is 10.5. The Balaban J connectivity index is 2.00. The minimum atomic E-state index is 0.206. The van der Waals surface area contributed by atoms with E-state index in [-0.39, 0.29) is 11.5 Å². The third kappa shape index (κ3) is 2.28. The van der Waals surface area contributed by atoms with E-state index in [4.69, 9.17) is 0 Å². The van der Waals surface area contributed by atoms with Gasteiger partial charge in [-0.2, -0.15) is 0 Å². The van der Waals surface area contributed by atoms with Crippen LogP contribution >= 0.6 is 0 Å². The minimum Gasteiger partial charge on any atom is -0.307 e. The highest BCUT2D eigenvalue weighted by atomic mass is 15.3. The maximum Gasteiger partial charge on any atom is 0.155 e. The van der Waals surface area contributed by atoms with E-state index in [9.17, 15) is 0 Å². The summed E-state index contributed by atoms with van der Waals surface area (Å²) in [5.74, 6) is 1.01. The van der Waals surface area contributed by atoms with E-state index < -0.39 is 0 Å². The molecule has 0 radical (unpaired) electrons. The predicted molar refractivity (Wildman–Crippen MR) is 75.1 cm³/mol. The van der Waals surface area contributed by atoms with Crippen LogP contribution in [0.2, 0.25) is 0 Å². The third-order valence-electron chi connectivity index (χ3n) is 3.99. The van der Waals surface area contributed by atoms with Crippen LogP contribution in [-0.2, 0) is 0 Å². The SMILES string of the molecule is CC1(C)CCCNC1c1nncn1-c1ccccc1. The van der Waals surface area contributed by atoms with Gasteiger partial charge in [-0.1, -0.05) is 32.0 Å². The molecular formula is C15H20N4. The molecule has 2 aromatic rings. The molecule has 0 amide bonds. The fraction of sp³-hybridized carbons (Fsp3) is 0.467. The van der Waals surface area contributed by atoms with Crippen molar-refractivity contribution >= 4 is 0 Å². The van der Waals surface area contributed by atoms with Crippen molar-refractivity contribution in [1.29, 1.82) is 0 Å². The molecule has 2 heterocycles. The molecule has 1 aliphatic heterocycles. The zero-order valence-electron chi connectivity index (χ0n) is 11.5. The van der Waals surface area contributed by atoms with E-state index >= 15 is 0 Å². The summed E-state index contributed by atoms with van der Waals surface area (Å²) < 4.78 is 2.09. The van der Waals surface area contributed by atoms with Crippen LogP contribution in [0.5, 0.6) is 0 Å². The average molecular weight is 256 g/mol. The molecule has 0 bridgehead atoms. The first-order chi connectivity index (χ1) is 9.18. The van der Waals surface area contributed by atoms with Gasteiger partial charge < -0.3 is 5.32 Å². The summed E-state index contributed by atoms with van der Waals surface area (Å²) in [4.78, 5) is 0. The van der Waals surface area contributed by atoms with Crippen molar-refractivity contribution in [2.45, 2.75) is 32.7 Å². The molecule has 1 aliphatic rings. The Bertz CT molecular complexity index is 544. The van der Waals surface area contributed by atoms with Gasteiger partial charge in [0.25, 0.3) is 0 Å². The fourth-order valence-electron chi connectivity index (χ4n) is 2.88. The molecule has 0 saturated carbocycles.